The van der Waals surface area contributed by atoms with E-state index >= 15 is 0 Å². The summed E-state index contributed by atoms with van der Waals surface area (Å²) in [5.41, 5.74) is 7.47. The molecule has 0 aliphatic rings. The molecule has 0 spiro atoms. The van der Waals surface area contributed by atoms with Gasteiger partial charge in [-0.25, -0.2) is 0 Å². The Bertz CT molecular complexity index is 524. The number of amides is 1. The number of nitrogens with zero attached hydrogens (tertiary/aromatic N) is 1. The summed E-state index contributed by atoms with van der Waals surface area (Å²) < 4.78 is 0. The summed E-state index contributed by atoms with van der Waals surface area (Å²) in [4.78, 5) is 20.9. The highest BCUT2D eigenvalue weighted by atomic mass is 16.6. The average Bonchev–Trinajstić information content (AvgIpc) is 2.31. The summed E-state index contributed by atoms with van der Waals surface area (Å²) in [6, 6.07) is 3.05. The quantitative estimate of drug-likeness (QED) is 0.367. The molecule has 6 heteroatoms. The number of hydrogen-bond acceptors (Lipinski definition) is 4. The van der Waals surface area contributed by atoms with Gasteiger partial charge in [0.25, 0.3) is 5.69 Å². The number of carbonyl (C=O) groups excluding carboxylic acids is 1. The van der Waals surface area contributed by atoms with Crippen LogP contribution in [0.1, 0.15) is 24.5 Å². The molecule has 19 heavy (non-hydrogen) atoms. The van der Waals surface area contributed by atoms with Crippen LogP contribution in [0.5, 0.6) is 0 Å². The molecule has 0 aliphatic heterocycles. The Labute approximate surface area is 111 Å². The van der Waals surface area contributed by atoms with Gasteiger partial charge in [0.15, 0.2) is 0 Å². The van der Waals surface area contributed by atoms with Crippen molar-refractivity contribution in [2.75, 3.05) is 12.3 Å². The maximum Gasteiger partial charge on any atom is 0.274 e. The normalized spacial score (nSPS) is 10.6. The molecular formula is C13H17N3O3. The molecule has 0 radical (unpaired) electrons. The van der Waals surface area contributed by atoms with Gasteiger partial charge >= 0.3 is 0 Å². The first-order valence-electron chi connectivity index (χ1n) is 5.87. The van der Waals surface area contributed by atoms with Crippen LogP contribution in [0.4, 0.5) is 11.4 Å². The molecule has 1 rings (SSSR count). The Morgan fingerprint density at radius 1 is 1.53 bits per heavy atom. The largest absolute Gasteiger partial charge is 0.398 e. The number of nitrogens with one attached hydrogen (secondary N) is 1. The summed E-state index contributed by atoms with van der Waals surface area (Å²) in [5.74, 6) is -0.0703. The van der Waals surface area contributed by atoms with Gasteiger partial charge in [-0.1, -0.05) is 12.2 Å². The number of nitrogens with two attached hydrogens (primary N) is 1. The van der Waals surface area contributed by atoms with Crippen LogP contribution in [0, 0.1) is 17.0 Å². The Morgan fingerprint density at radius 3 is 2.79 bits per heavy atom. The van der Waals surface area contributed by atoms with Crippen LogP contribution in [0.2, 0.25) is 0 Å². The summed E-state index contributed by atoms with van der Waals surface area (Å²) >= 11 is 0. The third-order valence-electron chi connectivity index (χ3n) is 2.58. The van der Waals surface area contributed by atoms with E-state index in [1.165, 1.54) is 13.0 Å². The maximum atomic E-state index is 10.7. The number of carbonyl (C=O) groups is 1. The Balaban J connectivity index is 2.74. The van der Waals surface area contributed by atoms with Crippen molar-refractivity contribution in [2.45, 2.75) is 20.3 Å². The van der Waals surface area contributed by atoms with Crippen LogP contribution in [0.15, 0.2) is 18.2 Å². The maximum absolute atomic E-state index is 10.7. The molecule has 0 heterocycles. The van der Waals surface area contributed by atoms with E-state index in [0.29, 0.717) is 24.2 Å². The Hall–Kier alpha value is -2.37. The molecule has 0 atom stereocenters. The number of nitrogen functional groups attached to an aromatic ring is 1. The van der Waals surface area contributed by atoms with Gasteiger partial charge in [-0.3, -0.25) is 14.9 Å². The zero-order valence-corrected chi connectivity index (χ0v) is 11.0. The minimum absolute atomic E-state index is 0.0212. The number of anilines is 1. The second kappa shape index (κ2) is 6.53. The van der Waals surface area contributed by atoms with Crippen molar-refractivity contribution < 1.29 is 9.72 Å². The summed E-state index contributed by atoms with van der Waals surface area (Å²) in [6.07, 6.45) is 4.34. The van der Waals surface area contributed by atoms with Crippen LogP contribution in [0.3, 0.4) is 0 Å². The van der Waals surface area contributed by atoms with Gasteiger partial charge in [-0.05, 0) is 25.0 Å². The molecule has 3 N–H and O–H groups in total. The fourth-order valence-corrected chi connectivity index (χ4v) is 1.62. The Kier molecular flexibility index (Phi) is 5.05. The second-order valence-electron chi connectivity index (χ2n) is 4.20. The van der Waals surface area contributed by atoms with E-state index < -0.39 is 4.92 Å². The van der Waals surface area contributed by atoms with E-state index in [9.17, 15) is 14.9 Å². The summed E-state index contributed by atoms with van der Waals surface area (Å²) in [7, 11) is 0. The summed E-state index contributed by atoms with van der Waals surface area (Å²) in [5, 5.41) is 13.4. The molecular weight excluding hydrogens is 246 g/mol. The van der Waals surface area contributed by atoms with Gasteiger partial charge < -0.3 is 11.1 Å². The van der Waals surface area contributed by atoms with Crippen LogP contribution in [-0.4, -0.2) is 17.4 Å². The van der Waals surface area contributed by atoms with Gasteiger partial charge in [0, 0.05) is 30.8 Å². The van der Waals surface area contributed by atoms with Crippen molar-refractivity contribution in [2.24, 2.45) is 0 Å². The molecule has 6 nitrogen and oxygen atoms in total. The van der Waals surface area contributed by atoms with Gasteiger partial charge in [-0.2, -0.15) is 0 Å². The van der Waals surface area contributed by atoms with Gasteiger partial charge in [0.05, 0.1) is 4.92 Å². The standard InChI is InChI=1S/C13H17N3O3/c1-9-7-11(5-3-4-6-15-10(2)17)12(14)8-13(9)16(18)19/h3,5,7-8H,4,6,14H2,1-2H3,(H,15,17). The van der Waals surface area contributed by atoms with Crippen LogP contribution in [-0.2, 0) is 4.79 Å². The van der Waals surface area contributed by atoms with Gasteiger partial charge in [-0.15, -0.1) is 0 Å². The smallest absolute Gasteiger partial charge is 0.274 e. The van der Waals surface area contributed by atoms with Gasteiger partial charge in [0.2, 0.25) is 5.91 Å². The molecule has 0 bridgehead atoms. The lowest BCUT2D eigenvalue weighted by atomic mass is 10.1. The summed E-state index contributed by atoms with van der Waals surface area (Å²) in [6.45, 7) is 3.69. The van der Waals surface area contributed by atoms with Crippen molar-refractivity contribution in [3.63, 3.8) is 0 Å². The molecule has 0 aliphatic carbocycles. The second-order valence-corrected chi connectivity index (χ2v) is 4.20. The molecule has 1 amide bonds. The highest BCUT2D eigenvalue weighted by Crippen LogP contribution is 2.25. The van der Waals surface area contributed by atoms with E-state index in [1.807, 2.05) is 6.08 Å². The first kappa shape index (κ1) is 14.7. The lowest BCUT2D eigenvalue weighted by molar-refractivity contribution is -0.385. The van der Waals surface area contributed by atoms with E-state index in [4.69, 9.17) is 5.73 Å². The number of benzene rings is 1. The lowest BCUT2D eigenvalue weighted by Gasteiger charge is -2.04. The van der Waals surface area contributed by atoms with Crippen LogP contribution < -0.4 is 11.1 Å². The van der Waals surface area contributed by atoms with E-state index in [0.717, 1.165) is 5.56 Å². The third kappa shape index (κ3) is 4.42. The SMILES string of the molecule is CC(=O)NCCC=Cc1cc(C)c([N+](=O)[O-])cc1N. The molecule has 0 saturated carbocycles. The molecule has 102 valence electrons. The Morgan fingerprint density at radius 2 is 2.21 bits per heavy atom. The molecule has 1 aromatic rings. The first-order valence-corrected chi connectivity index (χ1v) is 5.87. The molecule has 0 fully saturated rings. The average molecular weight is 263 g/mol. The van der Waals surface area contributed by atoms with Crippen molar-refractivity contribution >= 4 is 23.4 Å². The number of nitro benzene ring substituents is 1. The monoisotopic (exact) mass is 263 g/mol. The first-order chi connectivity index (χ1) is 8.91. The van der Waals surface area contributed by atoms with Crippen LogP contribution in [0.25, 0.3) is 6.08 Å². The highest BCUT2D eigenvalue weighted by Gasteiger charge is 2.12. The van der Waals surface area contributed by atoms with Crippen molar-refractivity contribution in [3.8, 4) is 0 Å². The van der Waals surface area contributed by atoms with Crippen molar-refractivity contribution in [3.05, 3.63) is 39.4 Å². The highest BCUT2D eigenvalue weighted by molar-refractivity contribution is 5.73. The lowest BCUT2D eigenvalue weighted by Crippen LogP contribution is -2.20. The third-order valence-corrected chi connectivity index (χ3v) is 2.58. The van der Waals surface area contributed by atoms with E-state index in [1.54, 1.807) is 19.1 Å². The molecule has 0 aromatic heterocycles. The minimum Gasteiger partial charge on any atom is -0.398 e. The van der Waals surface area contributed by atoms with Crippen LogP contribution >= 0.6 is 0 Å². The fraction of sp³-hybridized carbons (Fsp3) is 0.308. The zero-order valence-electron chi connectivity index (χ0n) is 11.0. The minimum atomic E-state index is -0.448. The number of aryl methyl sites for hydroxylation is 1. The van der Waals surface area contributed by atoms with Crippen molar-refractivity contribution in [1.82, 2.24) is 5.32 Å². The number of rotatable bonds is 5. The predicted octanol–water partition coefficient (Wildman–Crippen LogP) is 2.02. The number of nitro groups is 1. The predicted molar refractivity (Wildman–Crippen MR) is 74.6 cm³/mol. The van der Waals surface area contributed by atoms with Gasteiger partial charge in [0.1, 0.15) is 0 Å². The van der Waals surface area contributed by atoms with Crippen molar-refractivity contribution in [1.29, 1.82) is 0 Å². The van der Waals surface area contributed by atoms with E-state index in [-0.39, 0.29) is 11.6 Å². The molecule has 1 aromatic carbocycles. The van der Waals surface area contributed by atoms with E-state index in [2.05, 4.69) is 5.32 Å². The molecule has 0 unspecified atom stereocenters. The molecule has 0 saturated heterocycles. The fourth-order valence-electron chi connectivity index (χ4n) is 1.62. The number of hydrogen-bond donors (Lipinski definition) is 2. The zero-order chi connectivity index (χ0) is 14.4. The topological polar surface area (TPSA) is 98.3 Å².